The zero-order valence-electron chi connectivity index (χ0n) is 11.2. The molecule has 0 saturated carbocycles. The number of nitrogens with two attached hydrogens (primary N) is 1. The number of carbonyl (C=O) groups excluding carboxylic acids is 2. The summed E-state index contributed by atoms with van der Waals surface area (Å²) in [5.41, 5.74) is 6.64. The first-order valence-electron chi connectivity index (χ1n) is 6.38. The summed E-state index contributed by atoms with van der Waals surface area (Å²) in [6.07, 6.45) is 1.45. The van der Waals surface area contributed by atoms with Crippen molar-refractivity contribution in [2.45, 2.75) is 0 Å². The fraction of sp³-hybridized carbons (Fsp3) is 0. The molecule has 3 rings (SSSR count). The fourth-order valence-electron chi connectivity index (χ4n) is 2.34. The van der Waals surface area contributed by atoms with Gasteiger partial charge in [-0.3, -0.25) is 14.2 Å². The summed E-state index contributed by atoms with van der Waals surface area (Å²) in [7, 11) is 0. The van der Waals surface area contributed by atoms with E-state index in [1.807, 2.05) is 0 Å². The monoisotopic (exact) mass is 376 g/mol. The van der Waals surface area contributed by atoms with Gasteiger partial charge in [-0.2, -0.15) is 0 Å². The van der Waals surface area contributed by atoms with Gasteiger partial charge in [0, 0.05) is 16.1 Å². The molecule has 4 nitrogen and oxygen atoms in total. The Labute approximate surface area is 139 Å². The molecule has 2 aromatic carbocycles. The van der Waals surface area contributed by atoms with E-state index in [0.29, 0.717) is 27.1 Å². The minimum absolute atomic E-state index is 0.301. The molecule has 0 atom stereocenters. The second-order valence-electron chi connectivity index (χ2n) is 4.72. The summed E-state index contributed by atoms with van der Waals surface area (Å²) in [6.45, 7) is 0. The highest BCUT2D eigenvalue weighted by Gasteiger charge is 2.19. The maximum absolute atomic E-state index is 12.8. The summed E-state index contributed by atoms with van der Waals surface area (Å²) >= 11 is 9.44. The lowest BCUT2D eigenvalue weighted by Gasteiger charge is -2.06. The van der Waals surface area contributed by atoms with Crippen LogP contribution in [0.3, 0.4) is 0 Å². The van der Waals surface area contributed by atoms with E-state index in [0.717, 1.165) is 4.47 Å². The zero-order valence-corrected chi connectivity index (χ0v) is 13.6. The minimum atomic E-state index is -0.580. The van der Waals surface area contributed by atoms with E-state index in [1.165, 1.54) is 10.8 Å². The van der Waals surface area contributed by atoms with Crippen molar-refractivity contribution in [2.75, 3.05) is 0 Å². The van der Waals surface area contributed by atoms with Gasteiger partial charge < -0.3 is 5.73 Å². The Kier molecular flexibility index (Phi) is 3.76. The van der Waals surface area contributed by atoms with Gasteiger partial charge in [0.05, 0.1) is 21.7 Å². The molecule has 0 spiro atoms. The van der Waals surface area contributed by atoms with Gasteiger partial charge in [0.25, 0.3) is 11.8 Å². The van der Waals surface area contributed by atoms with Crippen LogP contribution in [0.25, 0.3) is 10.9 Å². The van der Waals surface area contributed by atoms with Crippen LogP contribution in [0.15, 0.2) is 53.1 Å². The third kappa shape index (κ3) is 2.42. The van der Waals surface area contributed by atoms with Crippen LogP contribution in [0.2, 0.25) is 5.02 Å². The van der Waals surface area contributed by atoms with Gasteiger partial charge >= 0.3 is 0 Å². The van der Waals surface area contributed by atoms with Crippen LogP contribution in [0.5, 0.6) is 0 Å². The predicted octanol–water partition coefficient (Wildman–Crippen LogP) is 3.84. The maximum Gasteiger partial charge on any atom is 0.263 e. The van der Waals surface area contributed by atoms with Crippen molar-refractivity contribution in [1.29, 1.82) is 0 Å². The summed E-state index contributed by atoms with van der Waals surface area (Å²) in [5, 5.41) is 0.973. The molecule has 6 heteroatoms. The molecule has 0 radical (unpaired) electrons. The van der Waals surface area contributed by atoms with Gasteiger partial charge in [-0.05, 0) is 24.3 Å². The van der Waals surface area contributed by atoms with Crippen LogP contribution >= 0.6 is 27.5 Å². The molecule has 1 heterocycles. The molecular weight excluding hydrogens is 368 g/mol. The summed E-state index contributed by atoms with van der Waals surface area (Å²) in [4.78, 5) is 24.3. The van der Waals surface area contributed by atoms with E-state index < -0.39 is 5.91 Å². The van der Waals surface area contributed by atoms with Crippen molar-refractivity contribution in [3.63, 3.8) is 0 Å². The molecule has 2 N–H and O–H groups in total. The average molecular weight is 378 g/mol. The smallest absolute Gasteiger partial charge is 0.263 e. The lowest BCUT2D eigenvalue weighted by Crippen LogP contribution is -2.13. The van der Waals surface area contributed by atoms with Crippen molar-refractivity contribution in [1.82, 2.24) is 4.57 Å². The third-order valence-electron chi connectivity index (χ3n) is 3.36. The molecule has 22 heavy (non-hydrogen) atoms. The average Bonchev–Trinajstić information content (AvgIpc) is 2.89. The quantitative estimate of drug-likeness (QED) is 0.737. The van der Waals surface area contributed by atoms with E-state index in [1.54, 1.807) is 42.5 Å². The molecule has 0 fully saturated rings. The lowest BCUT2D eigenvalue weighted by molar-refractivity contribution is 0.0965. The molecule has 110 valence electrons. The fourth-order valence-corrected chi connectivity index (χ4v) is 2.89. The Morgan fingerprint density at radius 3 is 2.55 bits per heavy atom. The van der Waals surface area contributed by atoms with Crippen LogP contribution < -0.4 is 5.73 Å². The molecule has 0 bridgehead atoms. The maximum atomic E-state index is 12.8. The second-order valence-corrected chi connectivity index (χ2v) is 6.05. The standard InChI is InChI=1S/C16H10BrClN2O2/c17-9-5-6-13(18)11(7-9)16(22)20-8-12(15(19)21)10-3-1-2-4-14(10)20/h1-8H,(H2,19,21). The number of carbonyl (C=O) groups is 2. The molecule has 0 aliphatic rings. The van der Waals surface area contributed by atoms with E-state index in [2.05, 4.69) is 15.9 Å². The number of fused-ring (bicyclic) bond motifs is 1. The van der Waals surface area contributed by atoms with Gasteiger partial charge in [-0.25, -0.2) is 0 Å². The predicted molar refractivity (Wildman–Crippen MR) is 89.3 cm³/mol. The highest BCUT2D eigenvalue weighted by Crippen LogP contribution is 2.26. The molecule has 1 aromatic heterocycles. The van der Waals surface area contributed by atoms with Crippen molar-refractivity contribution in [2.24, 2.45) is 5.73 Å². The molecule has 0 saturated heterocycles. The molecule has 0 aliphatic carbocycles. The number of nitrogens with zero attached hydrogens (tertiary/aromatic N) is 1. The first-order chi connectivity index (χ1) is 10.5. The Hall–Kier alpha value is -2.11. The number of amides is 1. The largest absolute Gasteiger partial charge is 0.366 e. The van der Waals surface area contributed by atoms with Crippen LogP contribution in [0, 0.1) is 0 Å². The summed E-state index contributed by atoms with van der Waals surface area (Å²) in [6, 6.07) is 12.1. The SMILES string of the molecule is NC(=O)c1cn(C(=O)c2cc(Br)ccc2Cl)c2ccccc12. The minimum Gasteiger partial charge on any atom is -0.366 e. The van der Waals surface area contributed by atoms with Gasteiger partial charge in [0.1, 0.15) is 0 Å². The zero-order chi connectivity index (χ0) is 15.9. The summed E-state index contributed by atoms with van der Waals surface area (Å²) in [5.74, 6) is -0.905. The Morgan fingerprint density at radius 2 is 1.82 bits per heavy atom. The molecule has 3 aromatic rings. The van der Waals surface area contributed by atoms with Crippen molar-refractivity contribution >= 4 is 50.2 Å². The number of para-hydroxylation sites is 1. The number of hydrogen-bond donors (Lipinski definition) is 1. The van der Waals surface area contributed by atoms with Crippen LogP contribution in [-0.4, -0.2) is 16.4 Å². The third-order valence-corrected chi connectivity index (χ3v) is 4.18. The summed E-state index contributed by atoms with van der Waals surface area (Å²) < 4.78 is 2.13. The van der Waals surface area contributed by atoms with Crippen molar-refractivity contribution in [3.8, 4) is 0 Å². The van der Waals surface area contributed by atoms with Crippen molar-refractivity contribution in [3.05, 3.63) is 69.3 Å². The highest BCUT2D eigenvalue weighted by molar-refractivity contribution is 9.10. The molecule has 0 unspecified atom stereocenters. The van der Waals surface area contributed by atoms with Gasteiger partial charge in [0.2, 0.25) is 0 Å². The number of rotatable bonds is 2. The van der Waals surface area contributed by atoms with Gasteiger partial charge in [-0.1, -0.05) is 45.7 Å². The number of hydrogen-bond acceptors (Lipinski definition) is 2. The van der Waals surface area contributed by atoms with E-state index in [9.17, 15) is 9.59 Å². The van der Waals surface area contributed by atoms with E-state index in [4.69, 9.17) is 17.3 Å². The first-order valence-corrected chi connectivity index (χ1v) is 7.56. The van der Waals surface area contributed by atoms with Crippen LogP contribution in [0.1, 0.15) is 20.7 Å². The number of benzene rings is 2. The lowest BCUT2D eigenvalue weighted by atomic mass is 10.2. The highest BCUT2D eigenvalue weighted by atomic mass is 79.9. The Bertz CT molecular complexity index is 918. The van der Waals surface area contributed by atoms with Gasteiger partial charge in [-0.15, -0.1) is 0 Å². The van der Waals surface area contributed by atoms with E-state index >= 15 is 0 Å². The second kappa shape index (κ2) is 5.59. The first kappa shape index (κ1) is 14.8. The number of aromatic nitrogens is 1. The molecular formula is C16H10BrClN2O2. The Morgan fingerprint density at radius 1 is 1.09 bits per heavy atom. The van der Waals surface area contributed by atoms with Crippen LogP contribution in [-0.2, 0) is 0 Å². The molecule has 0 aliphatic heterocycles. The number of primary amides is 1. The van der Waals surface area contributed by atoms with Crippen molar-refractivity contribution < 1.29 is 9.59 Å². The van der Waals surface area contributed by atoms with Crippen LogP contribution in [0.4, 0.5) is 0 Å². The number of halogens is 2. The Balaban J connectivity index is 2.24. The van der Waals surface area contributed by atoms with E-state index in [-0.39, 0.29) is 5.91 Å². The molecule has 1 amide bonds. The normalized spacial score (nSPS) is 10.8. The topological polar surface area (TPSA) is 65.1 Å². The van der Waals surface area contributed by atoms with Gasteiger partial charge in [0.15, 0.2) is 0 Å².